The number of benzene rings is 1. The van der Waals surface area contributed by atoms with E-state index in [-0.39, 0.29) is 17.8 Å². The van der Waals surface area contributed by atoms with Gasteiger partial charge in [0.1, 0.15) is 11.9 Å². The number of carbonyl (C=O) groups excluding carboxylic acids is 1. The molecule has 1 fully saturated rings. The van der Waals surface area contributed by atoms with Gasteiger partial charge < -0.3 is 9.29 Å². The van der Waals surface area contributed by atoms with Crippen molar-refractivity contribution in [2.24, 2.45) is 0 Å². The minimum atomic E-state index is -1.48. The molecule has 1 N–H and O–H groups in total. The van der Waals surface area contributed by atoms with Crippen molar-refractivity contribution in [3.8, 4) is 17.0 Å². The number of nitrogens with one attached hydrogen (secondary N) is 1. The number of rotatable bonds is 6. The molecule has 2 aromatic heterocycles. The number of hydrogen-bond acceptors (Lipinski definition) is 5. The van der Waals surface area contributed by atoms with Crippen molar-refractivity contribution in [2.45, 2.75) is 65.0 Å². The van der Waals surface area contributed by atoms with Crippen molar-refractivity contribution < 1.29 is 14.1 Å². The second-order valence-electron chi connectivity index (χ2n) is 8.71. The van der Waals surface area contributed by atoms with Gasteiger partial charge in [-0.3, -0.25) is 4.79 Å². The number of aryl methyl sites for hydroxylation is 1. The second kappa shape index (κ2) is 9.50. The van der Waals surface area contributed by atoms with Crippen LogP contribution in [0.15, 0.2) is 30.3 Å². The second-order valence-corrected chi connectivity index (χ2v) is 9.83. The fraction of sp³-hybridized carbons (Fsp3) is 0.458. The van der Waals surface area contributed by atoms with Crippen LogP contribution in [0.3, 0.4) is 0 Å². The van der Waals surface area contributed by atoms with E-state index in [4.69, 9.17) is 14.8 Å². The van der Waals surface area contributed by atoms with E-state index in [0.717, 1.165) is 47.8 Å². The summed E-state index contributed by atoms with van der Waals surface area (Å²) in [6.45, 7) is 5.99. The van der Waals surface area contributed by atoms with E-state index in [1.807, 2.05) is 49.7 Å². The van der Waals surface area contributed by atoms with Crippen LogP contribution in [0.1, 0.15) is 68.0 Å². The Labute approximate surface area is 191 Å². The smallest absolute Gasteiger partial charge is 0.310 e. The average molecular weight is 455 g/mol. The van der Waals surface area contributed by atoms with Crippen molar-refractivity contribution in [3.63, 3.8) is 0 Å². The molecule has 1 amide bonds. The van der Waals surface area contributed by atoms with Crippen LogP contribution in [0.5, 0.6) is 5.88 Å². The van der Waals surface area contributed by atoms with Gasteiger partial charge >= 0.3 is 5.91 Å². The molecule has 0 bridgehead atoms. The Morgan fingerprint density at radius 1 is 1.22 bits per heavy atom. The average Bonchev–Trinajstić information content (AvgIpc) is 3.11. The maximum atomic E-state index is 12.8. The van der Waals surface area contributed by atoms with Gasteiger partial charge in [-0.1, -0.05) is 49.1 Å². The van der Waals surface area contributed by atoms with E-state index >= 15 is 0 Å². The first-order valence-corrected chi connectivity index (χ1v) is 12.7. The number of carbonyl (C=O) groups is 1. The molecule has 4 rings (SSSR count). The van der Waals surface area contributed by atoms with E-state index < -0.39 is 17.3 Å². The monoisotopic (exact) mass is 454 g/mol. The van der Waals surface area contributed by atoms with Crippen molar-refractivity contribution in [2.75, 3.05) is 6.26 Å². The van der Waals surface area contributed by atoms with Crippen LogP contribution in [-0.4, -0.2) is 37.6 Å². The highest BCUT2D eigenvalue weighted by molar-refractivity contribution is 7.89. The normalized spacial score (nSPS) is 15.8. The zero-order chi connectivity index (χ0) is 22.8. The minimum Gasteiger partial charge on any atom is -0.593 e. The van der Waals surface area contributed by atoms with Crippen LogP contribution < -0.4 is 9.46 Å². The van der Waals surface area contributed by atoms with Crippen LogP contribution in [0, 0.1) is 6.92 Å². The van der Waals surface area contributed by atoms with Crippen LogP contribution >= 0.6 is 0 Å². The molecule has 3 aromatic rings. The summed E-state index contributed by atoms with van der Waals surface area (Å²) < 4.78 is 22.2. The molecule has 170 valence electrons. The highest BCUT2D eigenvalue weighted by Crippen LogP contribution is 2.39. The van der Waals surface area contributed by atoms with Crippen LogP contribution in [-0.2, 0) is 11.4 Å². The number of aromatic nitrogens is 3. The number of hydrogen-bond donors (Lipinski definition) is 1. The third-order valence-corrected chi connectivity index (χ3v) is 6.20. The standard InChI is InChI=1S/C24H30N4O3S/c1-15(2)31-24-21-19(17-12-10-16(3)11-13-17)14-20(23(29)27-32(4)30)25-22(21)28(26-24)18-8-6-5-7-9-18/h10-15,18H,5-9H2,1-4H3,(H,27,29). The molecule has 32 heavy (non-hydrogen) atoms. The molecule has 1 unspecified atom stereocenters. The van der Waals surface area contributed by atoms with E-state index in [1.54, 1.807) is 6.07 Å². The summed E-state index contributed by atoms with van der Waals surface area (Å²) in [5.41, 5.74) is 3.79. The Kier molecular flexibility index (Phi) is 6.71. The lowest BCUT2D eigenvalue weighted by Gasteiger charge is -2.22. The van der Waals surface area contributed by atoms with Gasteiger partial charge in [-0.25, -0.2) is 9.67 Å². The minimum absolute atomic E-state index is 0.0516. The predicted molar refractivity (Wildman–Crippen MR) is 127 cm³/mol. The summed E-state index contributed by atoms with van der Waals surface area (Å²) in [6, 6.07) is 10.1. The molecule has 1 aliphatic carbocycles. The zero-order valence-electron chi connectivity index (χ0n) is 19.1. The molecule has 0 spiro atoms. The number of nitrogens with zero attached hydrogens (tertiary/aromatic N) is 3. The lowest BCUT2D eigenvalue weighted by atomic mass is 9.95. The molecule has 1 saturated carbocycles. The fourth-order valence-corrected chi connectivity index (χ4v) is 4.61. The van der Waals surface area contributed by atoms with Crippen LogP contribution in [0.4, 0.5) is 0 Å². The van der Waals surface area contributed by atoms with Crippen LogP contribution in [0.2, 0.25) is 0 Å². The maximum Gasteiger partial charge on any atom is 0.310 e. The summed E-state index contributed by atoms with van der Waals surface area (Å²) in [5, 5.41) is 5.67. The van der Waals surface area contributed by atoms with Crippen molar-refractivity contribution in [1.29, 1.82) is 0 Å². The quantitative estimate of drug-likeness (QED) is 0.544. The summed E-state index contributed by atoms with van der Waals surface area (Å²) in [6.07, 6.45) is 6.94. The molecule has 1 aliphatic rings. The Morgan fingerprint density at radius 3 is 2.53 bits per heavy atom. The third kappa shape index (κ3) is 4.76. The number of fused-ring (bicyclic) bond motifs is 1. The number of amides is 1. The number of pyridine rings is 1. The first-order valence-electron chi connectivity index (χ1n) is 11.1. The molecule has 1 aromatic carbocycles. The van der Waals surface area contributed by atoms with Gasteiger partial charge in [0.2, 0.25) is 5.88 Å². The van der Waals surface area contributed by atoms with Gasteiger partial charge in [0, 0.05) is 5.56 Å². The Balaban J connectivity index is 1.97. The highest BCUT2D eigenvalue weighted by Gasteiger charge is 2.27. The van der Waals surface area contributed by atoms with Gasteiger partial charge in [0.15, 0.2) is 5.65 Å². The van der Waals surface area contributed by atoms with Gasteiger partial charge in [0.05, 0.1) is 28.9 Å². The van der Waals surface area contributed by atoms with E-state index in [0.29, 0.717) is 11.5 Å². The maximum absolute atomic E-state index is 12.8. The molecule has 0 aliphatic heterocycles. The van der Waals surface area contributed by atoms with Gasteiger partial charge in [-0.05, 0) is 45.2 Å². The largest absolute Gasteiger partial charge is 0.593 e. The fourth-order valence-electron chi connectivity index (χ4n) is 4.25. The summed E-state index contributed by atoms with van der Waals surface area (Å²) in [7, 11) is 0. The molecule has 1 atom stereocenters. The zero-order valence-corrected chi connectivity index (χ0v) is 19.9. The third-order valence-electron chi connectivity index (χ3n) is 5.73. The molecule has 7 nitrogen and oxygen atoms in total. The molecule has 0 saturated heterocycles. The Morgan fingerprint density at radius 2 is 1.91 bits per heavy atom. The summed E-state index contributed by atoms with van der Waals surface area (Å²) in [4.78, 5) is 17.5. The van der Waals surface area contributed by atoms with Gasteiger partial charge in [-0.15, -0.1) is 5.10 Å². The summed E-state index contributed by atoms with van der Waals surface area (Å²) in [5.74, 6) is 0.0680. The molecular formula is C24H30N4O3S. The lowest BCUT2D eigenvalue weighted by Crippen LogP contribution is -2.30. The van der Waals surface area contributed by atoms with Gasteiger partial charge in [0.25, 0.3) is 0 Å². The van der Waals surface area contributed by atoms with E-state index in [2.05, 4.69) is 4.72 Å². The molecule has 2 heterocycles. The summed E-state index contributed by atoms with van der Waals surface area (Å²) >= 11 is -1.48. The predicted octanol–water partition coefficient (Wildman–Crippen LogP) is 4.72. The Bertz CT molecular complexity index is 1100. The first-order chi connectivity index (χ1) is 15.3. The molecule has 0 radical (unpaired) electrons. The van der Waals surface area contributed by atoms with E-state index in [9.17, 15) is 9.35 Å². The van der Waals surface area contributed by atoms with E-state index in [1.165, 1.54) is 12.7 Å². The molecule has 8 heteroatoms. The van der Waals surface area contributed by atoms with Gasteiger partial charge in [-0.2, -0.15) is 4.72 Å². The topological polar surface area (TPSA) is 92.1 Å². The Hall–Kier alpha value is -2.58. The lowest BCUT2D eigenvalue weighted by molar-refractivity contribution is 0.0977. The number of ether oxygens (including phenoxy) is 1. The van der Waals surface area contributed by atoms with Crippen molar-refractivity contribution in [3.05, 3.63) is 41.6 Å². The first kappa shape index (κ1) is 22.6. The molecular weight excluding hydrogens is 424 g/mol. The SMILES string of the molecule is Cc1ccc(-c2cc(C(=O)N[S+](C)[O-])nc3c2c(OC(C)C)nn3C2CCCCC2)cc1. The highest BCUT2D eigenvalue weighted by atomic mass is 32.2. The van der Waals surface area contributed by atoms with Crippen molar-refractivity contribution >= 4 is 28.3 Å². The van der Waals surface area contributed by atoms with Crippen molar-refractivity contribution in [1.82, 2.24) is 19.5 Å². The van der Waals surface area contributed by atoms with Crippen LogP contribution in [0.25, 0.3) is 22.2 Å².